The van der Waals surface area contributed by atoms with E-state index in [1.165, 1.54) is 12.1 Å². The zero-order chi connectivity index (χ0) is 14.9. The van der Waals surface area contributed by atoms with Crippen LogP contribution in [-0.2, 0) is 11.8 Å². The number of benzene rings is 1. The Hall–Kier alpha value is -1.00. The average Bonchev–Trinajstić information content (AvgIpc) is 2.35. The summed E-state index contributed by atoms with van der Waals surface area (Å²) in [5, 5.41) is 0.405. The number of rotatable bonds is 2. The quantitative estimate of drug-likeness (QED) is 0.713. The van der Waals surface area contributed by atoms with Crippen molar-refractivity contribution in [3.8, 4) is 0 Å². The zero-order valence-corrected chi connectivity index (χ0v) is 13.9. The number of halogens is 3. The maximum absolute atomic E-state index is 12.9. The summed E-state index contributed by atoms with van der Waals surface area (Å²) in [5.74, 6) is 0.383. The molecule has 0 spiro atoms. The van der Waals surface area contributed by atoms with Crippen LogP contribution in [0.1, 0.15) is 37.9 Å². The van der Waals surface area contributed by atoms with E-state index in [0.29, 0.717) is 17.4 Å². The van der Waals surface area contributed by atoms with Crippen LogP contribution in [0.5, 0.6) is 0 Å². The summed E-state index contributed by atoms with van der Waals surface area (Å²) in [6.07, 6.45) is 0.524. The molecule has 106 valence electrons. The smallest absolute Gasteiger partial charge is 0.147 e. The fourth-order valence-electron chi connectivity index (χ4n) is 1.82. The molecule has 1 aromatic carbocycles. The van der Waals surface area contributed by atoms with Crippen molar-refractivity contribution < 1.29 is 4.39 Å². The molecule has 1 heterocycles. The van der Waals surface area contributed by atoms with Crippen LogP contribution in [0.4, 0.5) is 4.39 Å². The van der Waals surface area contributed by atoms with Gasteiger partial charge in [-0.25, -0.2) is 14.4 Å². The molecule has 1 aromatic heterocycles. The molecule has 0 saturated heterocycles. The highest BCUT2D eigenvalue weighted by Crippen LogP contribution is 2.32. The molecule has 2 aromatic rings. The first-order valence-corrected chi connectivity index (χ1v) is 7.41. The SMILES string of the molecule is CC(C)(C)c1nc(Cc2ccc(F)cc2)nc(Cl)c1Br. The third-order valence-corrected chi connectivity index (χ3v) is 4.10. The van der Waals surface area contributed by atoms with Gasteiger partial charge in [0, 0.05) is 11.8 Å². The molecular weight excluding hydrogens is 343 g/mol. The molecule has 0 aliphatic rings. The van der Waals surface area contributed by atoms with E-state index >= 15 is 0 Å². The van der Waals surface area contributed by atoms with E-state index in [-0.39, 0.29) is 11.2 Å². The third kappa shape index (κ3) is 3.55. The van der Waals surface area contributed by atoms with E-state index in [1.807, 2.05) is 0 Å². The molecule has 0 atom stereocenters. The van der Waals surface area contributed by atoms with Gasteiger partial charge in [0.2, 0.25) is 0 Å². The van der Waals surface area contributed by atoms with Gasteiger partial charge in [-0.1, -0.05) is 44.5 Å². The molecule has 0 aliphatic carbocycles. The molecule has 2 nitrogen and oxygen atoms in total. The van der Waals surface area contributed by atoms with Crippen molar-refractivity contribution in [2.24, 2.45) is 0 Å². The van der Waals surface area contributed by atoms with Crippen LogP contribution < -0.4 is 0 Å². The predicted molar refractivity (Wildman–Crippen MR) is 82.6 cm³/mol. The summed E-state index contributed by atoms with van der Waals surface area (Å²) in [6.45, 7) is 6.20. The van der Waals surface area contributed by atoms with Crippen LogP contribution in [-0.4, -0.2) is 9.97 Å². The van der Waals surface area contributed by atoms with E-state index in [2.05, 4.69) is 46.7 Å². The minimum atomic E-state index is -0.251. The molecule has 0 saturated carbocycles. The molecule has 5 heteroatoms. The van der Waals surface area contributed by atoms with E-state index in [1.54, 1.807) is 12.1 Å². The van der Waals surface area contributed by atoms with E-state index < -0.39 is 0 Å². The third-order valence-electron chi connectivity index (χ3n) is 2.84. The van der Waals surface area contributed by atoms with Gasteiger partial charge in [0.25, 0.3) is 0 Å². The average molecular weight is 358 g/mol. The summed E-state index contributed by atoms with van der Waals surface area (Å²) in [7, 11) is 0. The fourth-order valence-corrected chi connectivity index (χ4v) is 2.78. The highest BCUT2D eigenvalue weighted by Gasteiger charge is 2.22. The molecule has 0 aliphatic heterocycles. The molecule has 2 rings (SSSR count). The molecular formula is C15H15BrClFN2. The molecule has 0 amide bonds. The van der Waals surface area contributed by atoms with Crippen molar-refractivity contribution >= 4 is 27.5 Å². The van der Waals surface area contributed by atoms with Crippen molar-refractivity contribution in [3.05, 3.63) is 56.8 Å². The van der Waals surface area contributed by atoms with Crippen LogP contribution in [0, 0.1) is 5.82 Å². The van der Waals surface area contributed by atoms with Gasteiger partial charge in [-0.3, -0.25) is 0 Å². The van der Waals surface area contributed by atoms with Crippen LogP contribution in [0.25, 0.3) is 0 Å². The molecule has 0 unspecified atom stereocenters. The van der Waals surface area contributed by atoms with E-state index in [9.17, 15) is 4.39 Å². The summed E-state index contributed by atoms with van der Waals surface area (Å²) in [5.41, 5.74) is 1.68. The van der Waals surface area contributed by atoms with Gasteiger partial charge in [-0.2, -0.15) is 0 Å². The highest BCUT2D eigenvalue weighted by atomic mass is 79.9. The van der Waals surface area contributed by atoms with Gasteiger partial charge >= 0.3 is 0 Å². The summed E-state index contributed by atoms with van der Waals surface area (Å²) >= 11 is 9.60. The first-order valence-electron chi connectivity index (χ1n) is 6.24. The zero-order valence-electron chi connectivity index (χ0n) is 11.5. The molecule has 0 bridgehead atoms. The van der Waals surface area contributed by atoms with Gasteiger partial charge in [0.15, 0.2) is 0 Å². The second-order valence-corrected chi connectivity index (χ2v) is 6.80. The Morgan fingerprint density at radius 1 is 1.15 bits per heavy atom. The van der Waals surface area contributed by atoms with Gasteiger partial charge in [0.05, 0.1) is 10.2 Å². The fraction of sp³-hybridized carbons (Fsp3) is 0.333. The topological polar surface area (TPSA) is 25.8 Å². The lowest BCUT2D eigenvalue weighted by Gasteiger charge is -2.20. The number of nitrogens with zero attached hydrogens (tertiary/aromatic N) is 2. The van der Waals surface area contributed by atoms with Crippen LogP contribution in [0.2, 0.25) is 5.15 Å². The van der Waals surface area contributed by atoms with Crippen LogP contribution >= 0.6 is 27.5 Å². The van der Waals surface area contributed by atoms with Crippen molar-refractivity contribution in [1.29, 1.82) is 0 Å². The Morgan fingerprint density at radius 2 is 1.75 bits per heavy atom. The first kappa shape index (κ1) is 15.4. The standard InChI is InChI=1S/C15H15BrClFN2/c1-15(2,3)13-12(16)14(17)20-11(19-13)8-9-4-6-10(18)7-5-9/h4-7H,8H2,1-3H3. The second kappa shape index (κ2) is 5.78. The number of hydrogen-bond donors (Lipinski definition) is 0. The molecule has 0 fully saturated rings. The van der Waals surface area contributed by atoms with Crippen molar-refractivity contribution in [3.63, 3.8) is 0 Å². The lowest BCUT2D eigenvalue weighted by atomic mass is 9.92. The minimum absolute atomic E-state index is 0.136. The number of hydrogen-bond acceptors (Lipinski definition) is 2. The monoisotopic (exact) mass is 356 g/mol. The summed E-state index contributed by atoms with van der Waals surface area (Å²) < 4.78 is 13.6. The van der Waals surface area contributed by atoms with Gasteiger partial charge in [0.1, 0.15) is 16.8 Å². The van der Waals surface area contributed by atoms with Gasteiger partial charge in [-0.15, -0.1) is 0 Å². The number of aromatic nitrogens is 2. The largest absolute Gasteiger partial charge is 0.236 e. The Kier molecular flexibility index (Phi) is 4.45. The minimum Gasteiger partial charge on any atom is -0.236 e. The Morgan fingerprint density at radius 3 is 2.30 bits per heavy atom. The Labute approximate surface area is 131 Å². The van der Waals surface area contributed by atoms with E-state index in [0.717, 1.165) is 15.7 Å². The summed E-state index contributed by atoms with van der Waals surface area (Å²) in [6, 6.07) is 6.32. The first-order chi connectivity index (χ1) is 9.27. The maximum atomic E-state index is 12.9. The summed E-state index contributed by atoms with van der Waals surface area (Å²) in [4.78, 5) is 8.86. The molecule has 20 heavy (non-hydrogen) atoms. The van der Waals surface area contributed by atoms with Crippen LogP contribution in [0.15, 0.2) is 28.7 Å². The second-order valence-electron chi connectivity index (χ2n) is 5.65. The molecule has 0 N–H and O–H groups in total. The van der Waals surface area contributed by atoms with Gasteiger partial charge in [-0.05, 0) is 33.6 Å². The predicted octanol–water partition coefficient (Wildman–Crippen LogP) is 4.92. The Balaban J connectivity index is 2.38. The van der Waals surface area contributed by atoms with Gasteiger partial charge < -0.3 is 0 Å². The lowest BCUT2D eigenvalue weighted by molar-refractivity contribution is 0.559. The Bertz CT molecular complexity index is 621. The maximum Gasteiger partial charge on any atom is 0.147 e. The van der Waals surface area contributed by atoms with Crippen LogP contribution in [0.3, 0.4) is 0 Å². The van der Waals surface area contributed by atoms with Crippen molar-refractivity contribution in [2.45, 2.75) is 32.6 Å². The van der Waals surface area contributed by atoms with Crippen molar-refractivity contribution in [2.75, 3.05) is 0 Å². The van der Waals surface area contributed by atoms with Crippen molar-refractivity contribution in [1.82, 2.24) is 9.97 Å². The normalized spacial score (nSPS) is 11.7. The molecule has 0 radical (unpaired) electrons. The highest BCUT2D eigenvalue weighted by molar-refractivity contribution is 9.10. The lowest BCUT2D eigenvalue weighted by Crippen LogP contribution is -2.17. The van der Waals surface area contributed by atoms with E-state index in [4.69, 9.17) is 11.6 Å².